The van der Waals surface area contributed by atoms with E-state index < -0.39 is 24.4 Å². The zero-order valence-electron chi connectivity index (χ0n) is 6.14. The summed E-state index contributed by atoms with van der Waals surface area (Å²) in [7, 11) is 0. The molecule has 1 rings (SSSR count). The smallest absolute Gasteiger partial charge is 0.0987 e. The van der Waals surface area contributed by atoms with E-state index in [9.17, 15) is 10.2 Å². The molecule has 5 heteroatoms. The molecule has 0 spiro atoms. The van der Waals surface area contributed by atoms with E-state index in [-0.39, 0.29) is 6.54 Å². The van der Waals surface area contributed by atoms with Gasteiger partial charge in [0.25, 0.3) is 0 Å². The predicted octanol–water partition coefficient (Wildman–Crippen LogP) is -3.00. The number of β-amino-alcohol motifs (C(OH)–C–C–N with tert-alkyl or cyclic N) is 2. The van der Waals surface area contributed by atoms with E-state index in [0.29, 0.717) is 6.54 Å². The van der Waals surface area contributed by atoms with Crippen molar-refractivity contribution in [2.24, 2.45) is 5.73 Å². The zero-order valence-corrected chi connectivity index (χ0v) is 6.14. The van der Waals surface area contributed by atoms with Gasteiger partial charge in [-0.25, -0.2) is 0 Å². The lowest BCUT2D eigenvalue weighted by molar-refractivity contribution is -0.00956. The lowest BCUT2D eigenvalue weighted by Crippen LogP contribution is -2.49. The van der Waals surface area contributed by atoms with Crippen molar-refractivity contribution in [3.05, 3.63) is 0 Å². The Balaban J connectivity index is 2.58. The second-order valence-electron chi connectivity index (χ2n) is 2.86. The van der Waals surface area contributed by atoms with Gasteiger partial charge < -0.3 is 26.4 Å². The van der Waals surface area contributed by atoms with Crippen molar-refractivity contribution in [3.8, 4) is 0 Å². The van der Waals surface area contributed by atoms with Crippen molar-refractivity contribution in [2.45, 2.75) is 24.4 Å². The molecular formula is C6H14N2O3. The summed E-state index contributed by atoms with van der Waals surface area (Å²) in [5, 5.41) is 30.3. The predicted molar refractivity (Wildman–Crippen MR) is 38.9 cm³/mol. The second kappa shape index (κ2) is 3.46. The molecule has 66 valence electrons. The quantitative estimate of drug-likeness (QED) is 0.261. The average Bonchev–Trinajstić information content (AvgIpc) is 2.07. The van der Waals surface area contributed by atoms with Crippen LogP contribution in [-0.2, 0) is 0 Å². The van der Waals surface area contributed by atoms with Crippen molar-refractivity contribution >= 4 is 0 Å². The molecule has 1 saturated heterocycles. The summed E-state index contributed by atoms with van der Waals surface area (Å²) in [6.07, 6.45) is -2.72. The van der Waals surface area contributed by atoms with Crippen LogP contribution in [0.15, 0.2) is 0 Å². The highest BCUT2D eigenvalue weighted by Crippen LogP contribution is 2.05. The molecule has 6 N–H and O–H groups in total. The Morgan fingerprint density at radius 3 is 2.27 bits per heavy atom. The van der Waals surface area contributed by atoms with Gasteiger partial charge in [0.2, 0.25) is 0 Å². The number of aliphatic hydroxyl groups is 3. The standard InChI is InChI=1S/C6H14N2O3/c7-5-3(9)1-8-2-4(10)6(5)11/h3-6,8-11H,1-2,7H2. The van der Waals surface area contributed by atoms with Gasteiger partial charge in [0, 0.05) is 13.1 Å². The van der Waals surface area contributed by atoms with Crippen LogP contribution in [0.1, 0.15) is 0 Å². The maximum Gasteiger partial charge on any atom is 0.0987 e. The van der Waals surface area contributed by atoms with Gasteiger partial charge in [0.15, 0.2) is 0 Å². The van der Waals surface area contributed by atoms with Crippen molar-refractivity contribution in [2.75, 3.05) is 13.1 Å². The normalized spacial score (nSPS) is 46.9. The molecule has 0 radical (unpaired) electrons. The van der Waals surface area contributed by atoms with E-state index in [1.807, 2.05) is 0 Å². The third kappa shape index (κ3) is 1.88. The van der Waals surface area contributed by atoms with Crippen LogP contribution in [-0.4, -0.2) is 52.8 Å². The number of nitrogens with two attached hydrogens (primary N) is 1. The van der Waals surface area contributed by atoms with Crippen molar-refractivity contribution in [1.29, 1.82) is 0 Å². The summed E-state index contributed by atoms with van der Waals surface area (Å²) in [5.74, 6) is 0. The molecule has 1 fully saturated rings. The Labute approximate surface area is 64.8 Å². The molecule has 0 aromatic heterocycles. The fourth-order valence-corrected chi connectivity index (χ4v) is 1.12. The van der Waals surface area contributed by atoms with E-state index in [4.69, 9.17) is 10.8 Å². The van der Waals surface area contributed by atoms with Gasteiger partial charge in [-0.15, -0.1) is 0 Å². The van der Waals surface area contributed by atoms with E-state index >= 15 is 0 Å². The lowest BCUT2D eigenvalue weighted by atomic mass is 10.0. The fourth-order valence-electron chi connectivity index (χ4n) is 1.12. The summed E-state index contributed by atoms with van der Waals surface area (Å²) >= 11 is 0. The minimum absolute atomic E-state index is 0.270. The number of hydrogen-bond donors (Lipinski definition) is 5. The Hall–Kier alpha value is -0.200. The van der Waals surface area contributed by atoms with Crippen LogP contribution < -0.4 is 11.1 Å². The minimum atomic E-state index is -1.04. The Kier molecular flexibility index (Phi) is 2.80. The fraction of sp³-hybridized carbons (Fsp3) is 1.00. The molecule has 1 aliphatic rings. The molecule has 0 bridgehead atoms. The maximum atomic E-state index is 9.22. The van der Waals surface area contributed by atoms with E-state index in [0.717, 1.165) is 0 Å². The number of rotatable bonds is 0. The highest BCUT2D eigenvalue weighted by atomic mass is 16.3. The Morgan fingerprint density at radius 2 is 1.64 bits per heavy atom. The molecule has 4 atom stereocenters. The molecule has 0 aliphatic carbocycles. The molecule has 1 heterocycles. The van der Waals surface area contributed by atoms with Crippen LogP contribution in [0.5, 0.6) is 0 Å². The summed E-state index contributed by atoms with van der Waals surface area (Å²) < 4.78 is 0. The first-order valence-electron chi connectivity index (χ1n) is 3.63. The Morgan fingerprint density at radius 1 is 1.09 bits per heavy atom. The summed E-state index contributed by atoms with van der Waals surface area (Å²) in [6, 6.07) is -0.764. The SMILES string of the molecule is NC1C(O)CNCC(O)C1O. The van der Waals surface area contributed by atoms with E-state index in [1.54, 1.807) is 0 Å². The molecule has 0 amide bonds. The van der Waals surface area contributed by atoms with Crippen LogP contribution in [0.3, 0.4) is 0 Å². The number of aliphatic hydroxyl groups excluding tert-OH is 3. The van der Waals surface area contributed by atoms with Crippen molar-refractivity contribution in [3.63, 3.8) is 0 Å². The largest absolute Gasteiger partial charge is 0.390 e. The van der Waals surface area contributed by atoms with Gasteiger partial charge in [-0.3, -0.25) is 0 Å². The van der Waals surface area contributed by atoms with E-state index in [1.165, 1.54) is 0 Å². The Bertz CT molecular complexity index is 119. The first-order chi connectivity index (χ1) is 5.13. The van der Waals surface area contributed by atoms with Crippen molar-refractivity contribution < 1.29 is 15.3 Å². The summed E-state index contributed by atoms with van der Waals surface area (Å²) in [4.78, 5) is 0. The van der Waals surface area contributed by atoms with Crippen LogP contribution in [0.2, 0.25) is 0 Å². The molecule has 4 unspecified atom stereocenters. The topological polar surface area (TPSA) is 98.7 Å². The summed E-state index contributed by atoms with van der Waals surface area (Å²) in [6.45, 7) is 0.585. The zero-order chi connectivity index (χ0) is 8.43. The van der Waals surface area contributed by atoms with Crippen LogP contribution in [0.25, 0.3) is 0 Å². The third-order valence-corrected chi connectivity index (χ3v) is 1.94. The third-order valence-electron chi connectivity index (χ3n) is 1.94. The molecule has 11 heavy (non-hydrogen) atoms. The molecule has 0 saturated carbocycles. The monoisotopic (exact) mass is 162 g/mol. The first-order valence-corrected chi connectivity index (χ1v) is 3.63. The van der Waals surface area contributed by atoms with Crippen molar-refractivity contribution in [1.82, 2.24) is 5.32 Å². The highest BCUT2D eigenvalue weighted by Gasteiger charge is 2.31. The maximum absolute atomic E-state index is 9.22. The summed E-state index contributed by atoms with van der Waals surface area (Å²) in [5.41, 5.74) is 5.41. The number of nitrogens with one attached hydrogen (secondary N) is 1. The lowest BCUT2D eigenvalue weighted by Gasteiger charge is -2.22. The van der Waals surface area contributed by atoms with Gasteiger partial charge in [0.05, 0.1) is 24.4 Å². The van der Waals surface area contributed by atoms with Gasteiger partial charge >= 0.3 is 0 Å². The minimum Gasteiger partial charge on any atom is -0.390 e. The molecule has 0 aromatic carbocycles. The van der Waals surface area contributed by atoms with Gasteiger partial charge in [0.1, 0.15) is 0 Å². The van der Waals surface area contributed by atoms with Crippen LogP contribution >= 0.6 is 0 Å². The highest BCUT2D eigenvalue weighted by molar-refractivity contribution is 4.89. The second-order valence-corrected chi connectivity index (χ2v) is 2.86. The van der Waals surface area contributed by atoms with Gasteiger partial charge in [-0.2, -0.15) is 0 Å². The average molecular weight is 162 g/mol. The molecule has 5 nitrogen and oxygen atoms in total. The van der Waals surface area contributed by atoms with E-state index in [2.05, 4.69) is 5.32 Å². The molecular weight excluding hydrogens is 148 g/mol. The van der Waals surface area contributed by atoms with Gasteiger partial charge in [-0.1, -0.05) is 0 Å². The molecule has 0 aromatic rings. The first kappa shape index (κ1) is 8.89. The van der Waals surface area contributed by atoms with Gasteiger partial charge in [-0.05, 0) is 0 Å². The number of hydrogen-bond acceptors (Lipinski definition) is 5. The van der Waals surface area contributed by atoms with Crippen LogP contribution in [0, 0.1) is 0 Å². The molecule has 1 aliphatic heterocycles. The van der Waals surface area contributed by atoms with Crippen LogP contribution in [0.4, 0.5) is 0 Å².